The number of hydrogen-bond donors (Lipinski definition) is 3. The van der Waals surface area contributed by atoms with E-state index in [2.05, 4.69) is 38.2 Å². The zero-order valence-corrected chi connectivity index (χ0v) is 38.7. The highest BCUT2D eigenvalue weighted by Gasteiger charge is 2.26. The third kappa shape index (κ3) is 44.5. The third-order valence-electron chi connectivity index (χ3n) is 10.6. The molecule has 0 saturated heterocycles. The molecule has 0 saturated carbocycles. The Kier molecular flexibility index (Phi) is 44.6. The molecular weight excluding hydrogens is 751 g/mol. The van der Waals surface area contributed by atoms with Gasteiger partial charge in [-0.2, -0.15) is 0 Å². The molecule has 0 aliphatic heterocycles. The van der Waals surface area contributed by atoms with Crippen molar-refractivity contribution in [3.63, 3.8) is 0 Å². The molecule has 0 radical (unpaired) electrons. The summed E-state index contributed by atoms with van der Waals surface area (Å²) in [5.74, 6) is -0.382. The van der Waals surface area contributed by atoms with E-state index in [9.17, 15) is 19.4 Å². The van der Waals surface area contributed by atoms with Gasteiger partial charge in [-0.3, -0.25) is 13.8 Å². The number of phosphoric acid groups is 1. The first-order valence-electron chi connectivity index (χ1n) is 24.3. The van der Waals surface area contributed by atoms with Crippen molar-refractivity contribution in [1.29, 1.82) is 0 Å². The smallest absolute Gasteiger partial charge is 0.457 e. The van der Waals surface area contributed by atoms with Crippen LogP contribution in [0.1, 0.15) is 232 Å². The summed E-state index contributed by atoms with van der Waals surface area (Å²) in [6, 6.07) is 0. The molecule has 0 aromatic carbocycles. The Balaban J connectivity index is 4.05. The van der Waals surface area contributed by atoms with Gasteiger partial charge >= 0.3 is 13.8 Å². The summed E-state index contributed by atoms with van der Waals surface area (Å²) in [5.41, 5.74) is 0. The van der Waals surface area contributed by atoms with Gasteiger partial charge in [0.05, 0.1) is 26.4 Å². The number of esters is 1. The van der Waals surface area contributed by atoms with Crippen molar-refractivity contribution in [2.45, 2.75) is 244 Å². The maximum absolute atomic E-state index is 12.7. The van der Waals surface area contributed by atoms with Crippen LogP contribution in [0.5, 0.6) is 0 Å². The van der Waals surface area contributed by atoms with Crippen molar-refractivity contribution in [2.75, 3.05) is 33.0 Å². The van der Waals surface area contributed by atoms with E-state index in [0.29, 0.717) is 6.61 Å². The third-order valence-corrected chi connectivity index (χ3v) is 11.6. The quantitative estimate of drug-likeness (QED) is 0.0237. The minimum atomic E-state index is -4.52. The number of allylic oxidation sites excluding steroid dienone is 4. The average molecular weight is 845 g/mol. The van der Waals surface area contributed by atoms with E-state index in [0.717, 1.165) is 44.9 Å². The molecule has 0 aliphatic rings. The van der Waals surface area contributed by atoms with Crippen LogP contribution in [0.4, 0.5) is 0 Å². The number of ether oxygens (including phenoxy) is 2. The fraction of sp³-hybridized carbons (Fsp3) is 0.896. The lowest BCUT2D eigenvalue weighted by Crippen LogP contribution is -2.29. The SMILES string of the molecule is CCCCCC/C=C\CCCCCCCCOCC(COP(=O)(O)OCC(O)CO)OC(=O)CCCCCCCCCCCCC/C=C\CCCCCCCCCC. The number of carbonyl (C=O) groups excluding carboxylic acids is 1. The summed E-state index contributed by atoms with van der Waals surface area (Å²) >= 11 is 0. The standard InChI is InChI=1S/C48H93O9P/c1-3-5-7-9-11-13-15-17-19-20-21-22-23-24-25-26-27-28-30-32-34-36-38-40-48(51)57-47(45-56-58(52,53)55-43-46(50)42-49)44-54-41-39-37-35-33-31-29-18-16-14-12-10-8-6-4-2/h14,16,20-21,46-47,49-50H,3-13,15,17-19,22-45H2,1-2H3,(H,52,53)/b16-14-,21-20-. The van der Waals surface area contributed by atoms with E-state index in [1.54, 1.807) is 0 Å². The number of carbonyl (C=O) groups is 1. The van der Waals surface area contributed by atoms with Crippen molar-refractivity contribution in [2.24, 2.45) is 0 Å². The van der Waals surface area contributed by atoms with Gasteiger partial charge in [0.2, 0.25) is 0 Å². The molecular formula is C48H93O9P. The van der Waals surface area contributed by atoms with E-state index in [4.69, 9.17) is 23.6 Å². The summed E-state index contributed by atoms with van der Waals surface area (Å²) in [4.78, 5) is 22.6. The Morgan fingerprint density at radius 2 is 0.879 bits per heavy atom. The first-order chi connectivity index (χ1) is 28.3. The zero-order chi connectivity index (χ0) is 42.5. The number of rotatable bonds is 47. The Morgan fingerprint density at radius 1 is 0.517 bits per heavy atom. The summed E-state index contributed by atoms with van der Waals surface area (Å²) in [5, 5.41) is 18.4. The van der Waals surface area contributed by atoms with Crippen LogP contribution in [0.25, 0.3) is 0 Å². The number of hydrogen-bond acceptors (Lipinski definition) is 8. The van der Waals surface area contributed by atoms with Crippen molar-refractivity contribution in [3.8, 4) is 0 Å². The molecule has 0 bridgehead atoms. The number of unbranched alkanes of at least 4 members (excludes halogenated alkanes) is 29. The van der Waals surface area contributed by atoms with Crippen LogP contribution in [-0.2, 0) is 27.9 Å². The molecule has 3 N–H and O–H groups in total. The second kappa shape index (κ2) is 45.5. The van der Waals surface area contributed by atoms with Gasteiger partial charge < -0.3 is 24.6 Å². The fourth-order valence-corrected chi connectivity index (χ4v) is 7.67. The predicted molar refractivity (Wildman–Crippen MR) is 242 cm³/mol. The second-order valence-corrected chi connectivity index (χ2v) is 17.9. The molecule has 9 nitrogen and oxygen atoms in total. The molecule has 10 heteroatoms. The van der Waals surface area contributed by atoms with Gasteiger partial charge in [-0.1, -0.05) is 186 Å². The molecule has 3 unspecified atom stereocenters. The Bertz CT molecular complexity index is 959. The Hall–Kier alpha value is -1.06. The molecule has 0 spiro atoms. The molecule has 0 aliphatic carbocycles. The lowest BCUT2D eigenvalue weighted by atomic mass is 10.0. The number of aliphatic hydroxyl groups is 2. The Labute approximate surface area is 357 Å². The summed E-state index contributed by atoms with van der Waals surface area (Å²) in [6.07, 6.45) is 48.6. The van der Waals surface area contributed by atoms with Gasteiger partial charge in [0.1, 0.15) is 12.2 Å². The van der Waals surface area contributed by atoms with Gasteiger partial charge in [0, 0.05) is 13.0 Å². The Morgan fingerprint density at radius 3 is 1.31 bits per heavy atom. The molecule has 3 atom stereocenters. The minimum absolute atomic E-state index is 0.0479. The highest BCUT2D eigenvalue weighted by molar-refractivity contribution is 7.47. The first kappa shape index (κ1) is 56.9. The highest BCUT2D eigenvalue weighted by Crippen LogP contribution is 2.43. The van der Waals surface area contributed by atoms with Gasteiger partial charge in [-0.15, -0.1) is 0 Å². The van der Waals surface area contributed by atoms with E-state index in [1.807, 2.05) is 0 Å². The molecule has 0 amide bonds. The second-order valence-electron chi connectivity index (χ2n) is 16.5. The van der Waals surface area contributed by atoms with Crippen molar-refractivity contribution >= 4 is 13.8 Å². The predicted octanol–water partition coefficient (Wildman–Crippen LogP) is 13.8. The number of aliphatic hydroxyl groups excluding tert-OH is 2. The molecule has 58 heavy (non-hydrogen) atoms. The van der Waals surface area contributed by atoms with Crippen LogP contribution >= 0.6 is 7.82 Å². The van der Waals surface area contributed by atoms with Crippen LogP contribution in [-0.4, -0.2) is 66.3 Å². The first-order valence-corrected chi connectivity index (χ1v) is 25.8. The molecule has 0 heterocycles. The molecule has 0 aromatic heterocycles. The maximum Gasteiger partial charge on any atom is 0.472 e. The van der Waals surface area contributed by atoms with Gasteiger partial charge in [0.25, 0.3) is 0 Å². The van der Waals surface area contributed by atoms with Crippen molar-refractivity contribution in [1.82, 2.24) is 0 Å². The van der Waals surface area contributed by atoms with E-state index in [-0.39, 0.29) is 25.6 Å². The summed E-state index contributed by atoms with van der Waals surface area (Å²) in [6.45, 7) is 3.53. The topological polar surface area (TPSA) is 132 Å². The molecule has 0 fully saturated rings. The van der Waals surface area contributed by atoms with E-state index < -0.39 is 33.2 Å². The van der Waals surface area contributed by atoms with Crippen molar-refractivity contribution < 1.29 is 43.0 Å². The van der Waals surface area contributed by atoms with E-state index in [1.165, 1.54) is 167 Å². The molecule has 0 rings (SSSR count). The van der Waals surface area contributed by atoms with Crippen LogP contribution in [0.3, 0.4) is 0 Å². The van der Waals surface area contributed by atoms with E-state index >= 15 is 0 Å². The average Bonchev–Trinajstić information content (AvgIpc) is 3.21. The highest BCUT2D eigenvalue weighted by atomic mass is 31.2. The maximum atomic E-state index is 12.7. The monoisotopic (exact) mass is 845 g/mol. The zero-order valence-electron chi connectivity index (χ0n) is 37.8. The van der Waals surface area contributed by atoms with Crippen LogP contribution in [0.2, 0.25) is 0 Å². The molecule has 344 valence electrons. The largest absolute Gasteiger partial charge is 0.472 e. The van der Waals surface area contributed by atoms with Crippen LogP contribution in [0, 0.1) is 0 Å². The van der Waals surface area contributed by atoms with Crippen LogP contribution < -0.4 is 0 Å². The van der Waals surface area contributed by atoms with Gasteiger partial charge in [-0.25, -0.2) is 4.57 Å². The summed E-state index contributed by atoms with van der Waals surface area (Å²) in [7, 11) is -4.52. The van der Waals surface area contributed by atoms with Crippen molar-refractivity contribution in [3.05, 3.63) is 24.3 Å². The lowest BCUT2D eigenvalue weighted by molar-refractivity contribution is -0.154. The fourth-order valence-electron chi connectivity index (χ4n) is 6.88. The lowest BCUT2D eigenvalue weighted by Gasteiger charge is -2.20. The minimum Gasteiger partial charge on any atom is -0.457 e. The van der Waals surface area contributed by atoms with Crippen LogP contribution in [0.15, 0.2) is 24.3 Å². The number of phosphoric ester groups is 1. The normalized spacial score (nSPS) is 14.1. The van der Waals surface area contributed by atoms with Gasteiger partial charge in [-0.05, 0) is 64.2 Å². The molecule has 0 aromatic rings. The summed E-state index contributed by atoms with van der Waals surface area (Å²) < 4.78 is 33.4. The van der Waals surface area contributed by atoms with Gasteiger partial charge in [0.15, 0.2) is 0 Å².